The van der Waals surface area contributed by atoms with Crippen molar-refractivity contribution in [3.63, 3.8) is 0 Å². The van der Waals surface area contributed by atoms with E-state index in [-0.39, 0.29) is 35.5 Å². The molecule has 1 nitrogen and oxygen atoms in total. The van der Waals surface area contributed by atoms with Crippen LogP contribution in [-0.2, 0) is 0 Å². The van der Waals surface area contributed by atoms with Gasteiger partial charge in [0, 0.05) is 7.11 Å². The third-order valence-electron chi connectivity index (χ3n) is 1.97. The zero-order valence-corrected chi connectivity index (χ0v) is 12.5. The Morgan fingerprint density at radius 1 is 1.07 bits per heavy atom. The predicted octanol–water partition coefficient (Wildman–Crippen LogP) is 3.32. The maximum Gasteiger partial charge on any atom is 2.00 e. The predicted molar refractivity (Wildman–Crippen MR) is 69.0 cm³/mol. The Balaban J connectivity index is -0.000000117. The number of halogens is 1. The molecule has 0 aliphatic heterocycles. The molecule has 0 spiro atoms. The molecule has 0 heterocycles. The van der Waals surface area contributed by atoms with Gasteiger partial charge in [0.25, 0.3) is 0 Å². The van der Waals surface area contributed by atoms with Crippen LogP contribution in [0.2, 0.25) is 0 Å². The van der Waals surface area contributed by atoms with Crippen LogP contribution in [0.4, 0.5) is 0 Å². The topological polar surface area (TPSA) is 20.2 Å². The van der Waals surface area contributed by atoms with E-state index in [0.717, 1.165) is 25.4 Å². The Bertz CT molecular complexity index is 79.7. The molecule has 84 valence electrons. The van der Waals surface area contributed by atoms with Gasteiger partial charge in [-0.3, -0.25) is 0 Å². The van der Waals surface area contributed by atoms with Crippen LogP contribution >= 0.6 is 12.4 Å². The Hall–Kier alpha value is 1.02. The van der Waals surface area contributed by atoms with Crippen LogP contribution < -0.4 is 0 Å². The van der Waals surface area contributed by atoms with Gasteiger partial charge >= 0.3 is 23.1 Å². The van der Waals surface area contributed by atoms with Gasteiger partial charge in [-0.2, -0.15) is 6.42 Å². The minimum Gasteiger partial charge on any atom is -0.400 e. The molecule has 0 aliphatic rings. The van der Waals surface area contributed by atoms with Crippen molar-refractivity contribution in [2.24, 2.45) is 11.8 Å². The second-order valence-electron chi connectivity index (χ2n) is 3.72. The summed E-state index contributed by atoms with van der Waals surface area (Å²) < 4.78 is 0. The Kier molecular flexibility index (Phi) is 34.0. The van der Waals surface area contributed by atoms with Crippen LogP contribution in [0.3, 0.4) is 0 Å². The van der Waals surface area contributed by atoms with Gasteiger partial charge in [0.1, 0.15) is 0 Å². The molecule has 0 radical (unpaired) electrons. The van der Waals surface area contributed by atoms with E-state index in [0.29, 0.717) is 0 Å². The van der Waals surface area contributed by atoms with Crippen LogP contribution in [0, 0.1) is 18.8 Å². The van der Waals surface area contributed by atoms with Crippen molar-refractivity contribution in [3.05, 3.63) is 6.92 Å². The number of rotatable bonds is 5. The van der Waals surface area contributed by atoms with Crippen LogP contribution in [-0.4, -0.2) is 35.3 Å². The van der Waals surface area contributed by atoms with E-state index < -0.39 is 0 Å². The van der Waals surface area contributed by atoms with Gasteiger partial charge in [0.05, 0.1) is 0 Å². The molecule has 0 rings (SSSR count). The smallest absolute Gasteiger partial charge is 0.400 e. The molecule has 0 aromatic carbocycles. The van der Waals surface area contributed by atoms with Gasteiger partial charge in [0.2, 0.25) is 0 Å². The van der Waals surface area contributed by atoms with Crippen molar-refractivity contribution in [2.45, 2.75) is 46.5 Å². The van der Waals surface area contributed by atoms with E-state index in [1.165, 1.54) is 19.3 Å². The summed E-state index contributed by atoms with van der Waals surface area (Å²) in [5.74, 6) is 1.70. The summed E-state index contributed by atoms with van der Waals surface area (Å²) in [6.45, 7) is 10.7. The van der Waals surface area contributed by atoms with Crippen LogP contribution in [0.15, 0.2) is 0 Å². The van der Waals surface area contributed by atoms with Crippen LogP contribution in [0.5, 0.6) is 0 Å². The molecule has 1 atom stereocenters. The molecule has 0 bridgehead atoms. The molecular weight excluding hydrogens is 208 g/mol. The number of aliphatic hydroxyl groups excluding tert-OH is 1. The summed E-state index contributed by atoms with van der Waals surface area (Å²) in [6.07, 6.45) is 5.22. The van der Waals surface area contributed by atoms with Crippen molar-refractivity contribution in [2.75, 3.05) is 7.11 Å². The summed E-state index contributed by atoms with van der Waals surface area (Å²) in [5, 5.41) is 7.00. The van der Waals surface area contributed by atoms with E-state index in [4.69, 9.17) is 5.11 Å². The van der Waals surface area contributed by atoms with Gasteiger partial charge in [0.15, 0.2) is 0 Å². The zero-order valence-electron chi connectivity index (χ0n) is 10.3. The zero-order chi connectivity index (χ0) is 9.98. The summed E-state index contributed by atoms with van der Waals surface area (Å²) in [6, 6.07) is 0. The van der Waals surface area contributed by atoms with Gasteiger partial charge in [-0.1, -0.05) is 46.0 Å². The third-order valence-corrected chi connectivity index (χ3v) is 1.97. The fourth-order valence-electron chi connectivity index (χ4n) is 1.02. The van der Waals surface area contributed by atoms with Crippen molar-refractivity contribution >= 4 is 35.5 Å². The first-order valence-electron chi connectivity index (χ1n) is 4.90. The molecule has 14 heavy (non-hydrogen) atoms. The maximum absolute atomic E-state index is 7.00. The molecule has 0 saturated heterocycles. The van der Waals surface area contributed by atoms with Gasteiger partial charge in [-0.25, -0.2) is 0 Å². The third kappa shape index (κ3) is 23.1. The summed E-state index contributed by atoms with van der Waals surface area (Å²) >= 11 is 0. The molecule has 0 aliphatic carbocycles. The molecule has 3 heteroatoms. The summed E-state index contributed by atoms with van der Waals surface area (Å²) in [4.78, 5) is 0. The van der Waals surface area contributed by atoms with Crippen molar-refractivity contribution < 1.29 is 5.11 Å². The SMILES string of the molecule is CO.Cl.[CH2-]CC(C)CCCC(C)C.[Mg+2]. The molecule has 0 aromatic rings. The Morgan fingerprint density at radius 2 is 1.50 bits per heavy atom. The fourth-order valence-corrected chi connectivity index (χ4v) is 1.02. The fraction of sp³-hybridized carbons (Fsp3) is 0.909. The van der Waals surface area contributed by atoms with E-state index in [9.17, 15) is 0 Å². The van der Waals surface area contributed by atoms with Crippen molar-refractivity contribution in [1.29, 1.82) is 0 Å². The minimum absolute atomic E-state index is 0. The second kappa shape index (κ2) is 19.6. The molecule has 0 amide bonds. The monoisotopic (exact) mass is 233 g/mol. The summed E-state index contributed by atoms with van der Waals surface area (Å²) in [5.41, 5.74) is 0. The van der Waals surface area contributed by atoms with Crippen LogP contribution in [0.25, 0.3) is 0 Å². The van der Waals surface area contributed by atoms with E-state index in [1.807, 2.05) is 0 Å². The van der Waals surface area contributed by atoms with Crippen LogP contribution in [0.1, 0.15) is 46.5 Å². The number of hydrogen-bond acceptors (Lipinski definition) is 1. The van der Waals surface area contributed by atoms with E-state index in [1.54, 1.807) is 0 Å². The standard InChI is InChI=1S/C10H21.CH4O.ClH.Mg/c1-5-10(4)8-6-7-9(2)3;1-2;;/h9-10H,1,5-8H2,2-4H3;2H,1H3;1H;/q-1;;;+2. The normalized spacial score (nSPS) is 10.5. The van der Waals surface area contributed by atoms with Crippen molar-refractivity contribution in [1.82, 2.24) is 0 Å². The van der Waals surface area contributed by atoms with Gasteiger partial charge < -0.3 is 12.0 Å². The minimum atomic E-state index is 0. The Morgan fingerprint density at radius 3 is 1.79 bits per heavy atom. The summed E-state index contributed by atoms with van der Waals surface area (Å²) in [7, 11) is 1.00. The molecule has 1 unspecified atom stereocenters. The van der Waals surface area contributed by atoms with Crippen molar-refractivity contribution in [3.8, 4) is 0 Å². The number of hydrogen-bond donors (Lipinski definition) is 1. The quantitative estimate of drug-likeness (QED) is 0.571. The van der Waals surface area contributed by atoms with E-state index >= 15 is 0 Å². The largest absolute Gasteiger partial charge is 2.00 e. The van der Waals surface area contributed by atoms with Gasteiger partial charge in [-0.05, 0) is 5.92 Å². The average Bonchev–Trinajstić information content (AvgIpc) is 2.07. The average molecular weight is 234 g/mol. The molecule has 0 aromatic heterocycles. The molecular formula is C11H26ClMgO+. The van der Waals surface area contributed by atoms with Gasteiger partial charge in [-0.15, -0.1) is 12.4 Å². The first-order chi connectivity index (χ1) is 5.66. The first-order valence-corrected chi connectivity index (χ1v) is 4.90. The number of aliphatic hydroxyl groups is 1. The van der Waals surface area contributed by atoms with E-state index in [2.05, 4.69) is 27.7 Å². The maximum atomic E-state index is 7.00. The molecule has 1 N–H and O–H groups in total. The first kappa shape index (κ1) is 24.3. The second-order valence-corrected chi connectivity index (χ2v) is 3.72. The Labute approximate surface area is 113 Å². The molecule has 0 saturated carbocycles. The molecule has 0 fully saturated rings.